The van der Waals surface area contributed by atoms with Crippen molar-refractivity contribution in [1.82, 2.24) is 9.88 Å². The lowest BCUT2D eigenvalue weighted by atomic mass is 9.97. The highest BCUT2D eigenvalue weighted by molar-refractivity contribution is 5.38. The molecular weight excluding hydrogens is 304 g/mol. The number of aliphatic hydroxyl groups is 1. The van der Waals surface area contributed by atoms with E-state index >= 15 is 0 Å². The van der Waals surface area contributed by atoms with Crippen LogP contribution in [0.5, 0.6) is 11.5 Å². The topological polar surface area (TPSA) is 54.8 Å². The summed E-state index contributed by atoms with van der Waals surface area (Å²) in [5.41, 5.74) is 2.35. The molecule has 0 amide bonds. The van der Waals surface area contributed by atoms with Crippen molar-refractivity contribution in [2.75, 3.05) is 27.3 Å². The number of benzene rings is 1. The fourth-order valence-electron chi connectivity index (χ4n) is 3.31. The van der Waals surface area contributed by atoms with Gasteiger partial charge in [0.15, 0.2) is 0 Å². The number of aliphatic hydroxyl groups excluding tert-OH is 1. The van der Waals surface area contributed by atoms with Gasteiger partial charge < -0.3 is 14.6 Å². The molecule has 0 bridgehead atoms. The summed E-state index contributed by atoms with van der Waals surface area (Å²) in [6.45, 7) is 2.34. The van der Waals surface area contributed by atoms with Gasteiger partial charge in [-0.2, -0.15) is 0 Å². The van der Waals surface area contributed by atoms with Crippen molar-refractivity contribution in [3.63, 3.8) is 0 Å². The smallest absolute Gasteiger partial charge is 0.122 e. The van der Waals surface area contributed by atoms with E-state index in [4.69, 9.17) is 9.47 Å². The highest BCUT2D eigenvalue weighted by Crippen LogP contribution is 2.27. The standard InChI is InChI=1S/C19H24N2O3/c1-23-17-8-15(9-18(10-17)24-2)11-21-12-16(19(22)13-21)7-14-3-5-20-6-4-14/h3-6,8-10,16,19,22H,7,11-13H2,1-2H3/t16-,19-/m1/s1. The molecule has 2 aromatic rings. The molecule has 24 heavy (non-hydrogen) atoms. The molecule has 0 aliphatic carbocycles. The number of hydrogen-bond donors (Lipinski definition) is 1. The first-order valence-electron chi connectivity index (χ1n) is 8.19. The van der Waals surface area contributed by atoms with Crippen LogP contribution < -0.4 is 9.47 Å². The minimum atomic E-state index is -0.300. The van der Waals surface area contributed by atoms with Crippen molar-refractivity contribution in [2.24, 2.45) is 5.92 Å². The zero-order valence-corrected chi connectivity index (χ0v) is 14.2. The molecule has 0 radical (unpaired) electrons. The van der Waals surface area contributed by atoms with E-state index in [-0.39, 0.29) is 12.0 Å². The van der Waals surface area contributed by atoms with E-state index in [9.17, 15) is 5.11 Å². The SMILES string of the molecule is COc1cc(CN2C[C@@H](Cc3ccncc3)[C@H](O)C2)cc(OC)c1. The zero-order valence-electron chi connectivity index (χ0n) is 14.2. The molecule has 2 atom stereocenters. The van der Waals surface area contributed by atoms with E-state index in [1.807, 2.05) is 30.3 Å². The third-order valence-corrected chi connectivity index (χ3v) is 4.55. The molecule has 0 unspecified atom stereocenters. The van der Waals surface area contributed by atoms with E-state index in [0.717, 1.165) is 36.6 Å². The summed E-state index contributed by atoms with van der Waals surface area (Å²) in [5, 5.41) is 10.4. The largest absolute Gasteiger partial charge is 0.497 e. The first-order chi connectivity index (χ1) is 11.7. The summed E-state index contributed by atoms with van der Waals surface area (Å²) in [5.74, 6) is 1.83. The summed E-state index contributed by atoms with van der Waals surface area (Å²) in [7, 11) is 3.31. The molecule has 128 valence electrons. The van der Waals surface area contributed by atoms with E-state index in [1.54, 1.807) is 26.6 Å². The van der Waals surface area contributed by atoms with Crippen LogP contribution in [0.25, 0.3) is 0 Å². The molecule has 5 heteroatoms. The van der Waals surface area contributed by atoms with Crippen LogP contribution in [0.4, 0.5) is 0 Å². The Balaban J connectivity index is 1.65. The van der Waals surface area contributed by atoms with Gasteiger partial charge >= 0.3 is 0 Å². The molecule has 3 rings (SSSR count). The van der Waals surface area contributed by atoms with Crippen LogP contribution in [0.2, 0.25) is 0 Å². The Kier molecular flexibility index (Phi) is 5.33. The third kappa shape index (κ3) is 4.04. The number of aromatic nitrogens is 1. The first kappa shape index (κ1) is 16.7. The summed E-state index contributed by atoms with van der Waals surface area (Å²) < 4.78 is 10.7. The number of β-amino-alcohol motifs (C(OH)–C–C–N with tert-alkyl or cyclic N) is 1. The fraction of sp³-hybridized carbons (Fsp3) is 0.421. The van der Waals surface area contributed by atoms with Crippen molar-refractivity contribution >= 4 is 0 Å². The predicted molar refractivity (Wildman–Crippen MR) is 92.3 cm³/mol. The Morgan fingerprint density at radius 1 is 1.04 bits per heavy atom. The molecule has 0 saturated carbocycles. The second-order valence-corrected chi connectivity index (χ2v) is 6.30. The van der Waals surface area contributed by atoms with Gasteiger partial charge in [-0.05, 0) is 41.8 Å². The fourth-order valence-corrected chi connectivity index (χ4v) is 3.31. The lowest BCUT2D eigenvalue weighted by molar-refractivity contribution is 0.141. The molecule has 1 saturated heterocycles. The van der Waals surface area contributed by atoms with Gasteiger partial charge in [0.2, 0.25) is 0 Å². The van der Waals surface area contributed by atoms with Crippen LogP contribution >= 0.6 is 0 Å². The molecule has 1 fully saturated rings. The third-order valence-electron chi connectivity index (χ3n) is 4.55. The summed E-state index contributed by atoms with van der Waals surface area (Å²) in [6.07, 6.45) is 4.18. The molecule has 2 heterocycles. The minimum Gasteiger partial charge on any atom is -0.497 e. The monoisotopic (exact) mass is 328 g/mol. The lowest BCUT2D eigenvalue weighted by Crippen LogP contribution is -2.21. The quantitative estimate of drug-likeness (QED) is 0.880. The molecular formula is C19H24N2O3. The molecule has 1 aliphatic heterocycles. The first-order valence-corrected chi connectivity index (χ1v) is 8.19. The Bertz CT molecular complexity index is 641. The normalized spacial score (nSPS) is 21.0. The van der Waals surface area contributed by atoms with Crippen LogP contribution in [0.1, 0.15) is 11.1 Å². The molecule has 1 aliphatic rings. The van der Waals surface area contributed by atoms with E-state index in [0.29, 0.717) is 6.54 Å². The van der Waals surface area contributed by atoms with Gasteiger partial charge in [-0.25, -0.2) is 0 Å². The maximum atomic E-state index is 10.4. The van der Waals surface area contributed by atoms with Gasteiger partial charge in [0.05, 0.1) is 20.3 Å². The van der Waals surface area contributed by atoms with E-state index < -0.39 is 0 Å². The maximum Gasteiger partial charge on any atom is 0.122 e. The van der Waals surface area contributed by atoms with Crippen molar-refractivity contribution in [3.05, 3.63) is 53.9 Å². The van der Waals surface area contributed by atoms with Crippen molar-refractivity contribution < 1.29 is 14.6 Å². The van der Waals surface area contributed by atoms with E-state index in [1.165, 1.54) is 5.56 Å². The highest BCUT2D eigenvalue weighted by Gasteiger charge is 2.31. The highest BCUT2D eigenvalue weighted by atomic mass is 16.5. The molecule has 1 aromatic carbocycles. The number of methoxy groups -OCH3 is 2. The predicted octanol–water partition coefficient (Wildman–Crippen LogP) is 2.13. The second kappa shape index (κ2) is 7.64. The number of hydrogen-bond acceptors (Lipinski definition) is 5. The Hall–Kier alpha value is -2.11. The summed E-state index contributed by atoms with van der Waals surface area (Å²) in [6, 6.07) is 9.94. The van der Waals surface area contributed by atoms with Crippen LogP contribution in [0.3, 0.4) is 0 Å². The summed E-state index contributed by atoms with van der Waals surface area (Å²) in [4.78, 5) is 6.33. The van der Waals surface area contributed by atoms with Gasteiger partial charge in [-0.15, -0.1) is 0 Å². The number of likely N-dealkylation sites (tertiary alicyclic amines) is 1. The van der Waals surface area contributed by atoms with E-state index in [2.05, 4.69) is 9.88 Å². The summed E-state index contributed by atoms with van der Waals surface area (Å²) >= 11 is 0. The van der Waals surface area contributed by atoms with Gasteiger partial charge in [0.25, 0.3) is 0 Å². The number of nitrogens with zero attached hydrogens (tertiary/aromatic N) is 2. The Labute approximate surface area is 142 Å². The van der Waals surface area contributed by atoms with Gasteiger partial charge in [0.1, 0.15) is 11.5 Å². The number of pyridine rings is 1. The number of ether oxygens (including phenoxy) is 2. The zero-order chi connectivity index (χ0) is 16.9. The van der Waals surface area contributed by atoms with Crippen molar-refractivity contribution in [1.29, 1.82) is 0 Å². The van der Waals surface area contributed by atoms with Crippen LogP contribution in [0.15, 0.2) is 42.7 Å². The molecule has 1 aromatic heterocycles. The molecule has 5 nitrogen and oxygen atoms in total. The van der Waals surface area contributed by atoms with Crippen LogP contribution in [0, 0.1) is 5.92 Å². The van der Waals surface area contributed by atoms with Crippen LogP contribution in [-0.2, 0) is 13.0 Å². The van der Waals surface area contributed by atoms with Gasteiger partial charge in [0, 0.05) is 44.0 Å². The number of rotatable bonds is 6. The van der Waals surface area contributed by atoms with Crippen molar-refractivity contribution in [3.8, 4) is 11.5 Å². The molecule has 1 N–H and O–H groups in total. The maximum absolute atomic E-state index is 10.4. The average Bonchev–Trinajstić information content (AvgIpc) is 2.94. The molecule has 0 spiro atoms. The van der Waals surface area contributed by atoms with Crippen LogP contribution in [-0.4, -0.2) is 48.4 Å². The minimum absolute atomic E-state index is 0.250. The second-order valence-electron chi connectivity index (χ2n) is 6.30. The lowest BCUT2D eigenvalue weighted by Gasteiger charge is -2.17. The van der Waals surface area contributed by atoms with Gasteiger partial charge in [-0.3, -0.25) is 9.88 Å². The Morgan fingerprint density at radius 2 is 1.71 bits per heavy atom. The Morgan fingerprint density at radius 3 is 2.33 bits per heavy atom. The average molecular weight is 328 g/mol. The van der Waals surface area contributed by atoms with Gasteiger partial charge in [-0.1, -0.05) is 0 Å². The van der Waals surface area contributed by atoms with Crippen molar-refractivity contribution in [2.45, 2.75) is 19.1 Å².